The highest BCUT2D eigenvalue weighted by atomic mass is 79.9. The summed E-state index contributed by atoms with van der Waals surface area (Å²) in [6.07, 6.45) is 4.74. The summed E-state index contributed by atoms with van der Waals surface area (Å²) in [4.78, 5) is 23.3. The molecule has 0 saturated heterocycles. The monoisotopic (exact) mass is 569 g/mol. The molecule has 182 valence electrons. The fourth-order valence-corrected chi connectivity index (χ4v) is 7.18. The molecule has 1 N–H and O–H groups in total. The number of nitrogens with one attached hydrogen (secondary N) is 1. The molecule has 0 aliphatic heterocycles. The Morgan fingerprint density at radius 2 is 1.94 bits per heavy atom. The first-order chi connectivity index (χ1) is 16.1. The fourth-order valence-electron chi connectivity index (χ4n) is 5.29. The van der Waals surface area contributed by atoms with Gasteiger partial charge in [0.2, 0.25) is 5.91 Å². The Bertz CT molecular complexity index is 1210. The van der Waals surface area contributed by atoms with Gasteiger partial charge >= 0.3 is 0 Å². The summed E-state index contributed by atoms with van der Waals surface area (Å²) in [5.41, 5.74) is -0.253. The van der Waals surface area contributed by atoms with Crippen LogP contribution in [-0.2, 0) is 14.8 Å². The van der Waals surface area contributed by atoms with Crippen LogP contribution >= 0.6 is 27.5 Å². The molecule has 0 heterocycles. The molecule has 11 heteroatoms. The average molecular weight is 571 g/mol. The fraction of sp³-hybridized carbons (Fsp3) is 0.435. The summed E-state index contributed by atoms with van der Waals surface area (Å²) in [7, 11) is -4.30. The van der Waals surface area contributed by atoms with Crippen LogP contribution in [0.5, 0.6) is 0 Å². The van der Waals surface area contributed by atoms with Crippen LogP contribution in [0.15, 0.2) is 51.8 Å². The van der Waals surface area contributed by atoms with Crippen LogP contribution in [0.3, 0.4) is 0 Å². The first-order valence-electron chi connectivity index (χ1n) is 11.1. The summed E-state index contributed by atoms with van der Waals surface area (Å²) in [6, 6.07) is 9.69. The highest BCUT2D eigenvalue weighted by Crippen LogP contribution is 2.49. The Morgan fingerprint density at radius 3 is 2.53 bits per heavy atom. The second kappa shape index (κ2) is 9.83. The third-order valence-corrected chi connectivity index (χ3v) is 9.55. The van der Waals surface area contributed by atoms with Crippen molar-refractivity contribution >= 4 is 54.8 Å². The van der Waals surface area contributed by atoms with Crippen molar-refractivity contribution in [1.29, 1.82) is 0 Å². The largest absolute Gasteiger partial charge is 0.352 e. The molecule has 2 aromatic rings. The first kappa shape index (κ1) is 24.9. The quantitative estimate of drug-likeness (QED) is 0.349. The summed E-state index contributed by atoms with van der Waals surface area (Å²) in [5, 5.41) is 14.1. The lowest BCUT2D eigenvalue weighted by Gasteiger charge is -2.30. The lowest BCUT2D eigenvalue weighted by molar-refractivity contribution is -0.384. The van der Waals surface area contributed by atoms with E-state index in [1.807, 2.05) is 6.92 Å². The zero-order valence-corrected chi connectivity index (χ0v) is 21.6. The lowest BCUT2D eigenvalue weighted by atomic mass is 9.84. The number of hydrogen-bond acceptors (Lipinski definition) is 5. The van der Waals surface area contributed by atoms with E-state index in [9.17, 15) is 23.3 Å². The van der Waals surface area contributed by atoms with Gasteiger partial charge in [0, 0.05) is 16.6 Å². The molecule has 34 heavy (non-hydrogen) atoms. The molecule has 0 unspecified atom stereocenters. The summed E-state index contributed by atoms with van der Waals surface area (Å²) >= 11 is 9.19. The van der Waals surface area contributed by atoms with Gasteiger partial charge in [-0.25, -0.2) is 8.42 Å². The van der Waals surface area contributed by atoms with Crippen molar-refractivity contribution in [3.8, 4) is 0 Å². The summed E-state index contributed by atoms with van der Waals surface area (Å²) in [6.45, 7) is 1.52. The van der Waals surface area contributed by atoms with Crippen molar-refractivity contribution in [1.82, 2.24) is 5.32 Å². The van der Waals surface area contributed by atoms with Crippen LogP contribution in [0, 0.1) is 27.9 Å². The van der Waals surface area contributed by atoms with Crippen LogP contribution in [-0.4, -0.2) is 31.8 Å². The van der Waals surface area contributed by atoms with Crippen molar-refractivity contribution in [3.63, 3.8) is 0 Å². The molecule has 0 radical (unpaired) electrons. The number of anilines is 1. The second-order valence-corrected chi connectivity index (χ2v) is 12.2. The normalized spacial score (nSPS) is 22.4. The summed E-state index contributed by atoms with van der Waals surface area (Å²) < 4.78 is 28.8. The number of nitro groups is 1. The topological polar surface area (TPSA) is 110 Å². The van der Waals surface area contributed by atoms with E-state index in [0.717, 1.165) is 27.2 Å². The van der Waals surface area contributed by atoms with Gasteiger partial charge in [-0.05, 0) is 80.3 Å². The Kier molecular flexibility index (Phi) is 7.21. The number of amides is 1. The van der Waals surface area contributed by atoms with E-state index in [-0.39, 0.29) is 21.6 Å². The molecule has 2 aromatic carbocycles. The minimum atomic E-state index is -4.30. The van der Waals surface area contributed by atoms with E-state index in [0.29, 0.717) is 11.8 Å². The number of nitro benzene ring substituents is 1. The third-order valence-electron chi connectivity index (χ3n) is 6.93. The number of carbonyl (C=O) groups excluding carboxylic acids is 1. The van der Waals surface area contributed by atoms with Crippen LogP contribution in [0.1, 0.15) is 32.6 Å². The highest BCUT2D eigenvalue weighted by molar-refractivity contribution is 9.10. The molecule has 0 spiro atoms. The van der Waals surface area contributed by atoms with Crippen molar-refractivity contribution in [2.75, 3.05) is 10.8 Å². The molecular weight excluding hydrogens is 546 g/mol. The molecule has 2 aliphatic carbocycles. The minimum absolute atomic E-state index is 0.0612. The predicted octanol–water partition coefficient (Wildman–Crippen LogP) is 5.15. The SMILES string of the molecule is C[C@@H](NC(=O)CN(c1ccc(Br)cc1)S(=O)(=O)c1ccc(Cl)c([N+](=O)[O-])c1)[C@@H]1C[C@@H]2CC[C@@H]1C2. The van der Waals surface area contributed by atoms with E-state index in [2.05, 4.69) is 21.2 Å². The smallest absolute Gasteiger partial charge is 0.289 e. The Labute approximate surface area is 212 Å². The zero-order valence-electron chi connectivity index (χ0n) is 18.5. The first-order valence-corrected chi connectivity index (χ1v) is 13.7. The number of sulfonamides is 1. The van der Waals surface area contributed by atoms with E-state index < -0.39 is 33.1 Å². The maximum atomic E-state index is 13.6. The lowest BCUT2D eigenvalue weighted by Crippen LogP contribution is -2.46. The maximum absolute atomic E-state index is 13.6. The van der Waals surface area contributed by atoms with Crippen LogP contribution in [0.4, 0.5) is 11.4 Å². The van der Waals surface area contributed by atoms with Gasteiger partial charge in [0.05, 0.1) is 15.5 Å². The van der Waals surface area contributed by atoms with Crippen molar-refractivity contribution < 1.29 is 18.1 Å². The molecular formula is C23H25BrClN3O5S. The van der Waals surface area contributed by atoms with Gasteiger partial charge in [-0.2, -0.15) is 0 Å². The van der Waals surface area contributed by atoms with Crippen molar-refractivity contribution in [2.24, 2.45) is 17.8 Å². The number of hydrogen-bond donors (Lipinski definition) is 1. The van der Waals surface area contributed by atoms with E-state index in [4.69, 9.17) is 11.6 Å². The van der Waals surface area contributed by atoms with Crippen LogP contribution in [0.25, 0.3) is 0 Å². The molecule has 2 aliphatic rings. The van der Waals surface area contributed by atoms with Gasteiger partial charge in [-0.1, -0.05) is 34.0 Å². The van der Waals surface area contributed by atoms with Gasteiger partial charge in [0.1, 0.15) is 11.6 Å². The van der Waals surface area contributed by atoms with Gasteiger partial charge in [-0.15, -0.1) is 0 Å². The Balaban J connectivity index is 1.60. The standard InChI is InChI=1S/C23H25BrClN3O5S/c1-14(20-11-15-2-3-16(20)10-15)26-23(29)13-27(18-6-4-17(24)5-7-18)34(32,33)19-8-9-21(25)22(12-19)28(30)31/h4-9,12,14-16,20H,2-3,10-11,13H2,1H3,(H,26,29)/t14-,15-,16-,20+/m1/s1. The van der Waals surface area contributed by atoms with E-state index in [1.54, 1.807) is 24.3 Å². The van der Waals surface area contributed by atoms with Gasteiger partial charge in [0.15, 0.2) is 0 Å². The molecule has 2 bridgehead atoms. The second-order valence-electron chi connectivity index (χ2n) is 9.05. The maximum Gasteiger partial charge on any atom is 0.289 e. The van der Waals surface area contributed by atoms with Crippen molar-refractivity contribution in [3.05, 3.63) is 62.1 Å². The number of benzene rings is 2. The third kappa shape index (κ3) is 5.08. The number of fused-ring (bicyclic) bond motifs is 2. The van der Waals surface area contributed by atoms with Gasteiger partial charge < -0.3 is 5.32 Å². The summed E-state index contributed by atoms with van der Waals surface area (Å²) in [5.74, 6) is 1.32. The number of carbonyl (C=O) groups is 1. The van der Waals surface area contributed by atoms with Gasteiger partial charge in [0.25, 0.3) is 15.7 Å². The number of halogens is 2. The average Bonchev–Trinajstić information content (AvgIpc) is 3.42. The van der Waals surface area contributed by atoms with E-state index in [1.165, 1.54) is 31.4 Å². The molecule has 2 saturated carbocycles. The molecule has 1 amide bonds. The molecule has 8 nitrogen and oxygen atoms in total. The molecule has 2 fully saturated rings. The number of nitrogens with zero attached hydrogens (tertiary/aromatic N) is 2. The van der Waals surface area contributed by atoms with Gasteiger partial charge in [-0.3, -0.25) is 19.2 Å². The Morgan fingerprint density at radius 1 is 1.24 bits per heavy atom. The molecule has 0 aromatic heterocycles. The van der Waals surface area contributed by atoms with E-state index >= 15 is 0 Å². The highest BCUT2D eigenvalue weighted by Gasteiger charge is 2.42. The molecule has 4 atom stereocenters. The Hall–Kier alpha value is -2.17. The predicted molar refractivity (Wildman–Crippen MR) is 133 cm³/mol. The van der Waals surface area contributed by atoms with Crippen molar-refractivity contribution in [2.45, 2.75) is 43.5 Å². The van der Waals surface area contributed by atoms with Crippen LogP contribution < -0.4 is 9.62 Å². The molecule has 4 rings (SSSR count). The number of rotatable bonds is 8. The minimum Gasteiger partial charge on any atom is -0.352 e. The van der Waals surface area contributed by atoms with Crippen LogP contribution in [0.2, 0.25) is 5.02 Å². The zero-order chi connectivity index (χ0) is 24.6.